The second kappa shape index (κ2) is 7.20. The minimum atomic E-state index is -0.142. The summed E-state index contributed by atoms with van der Waals surface area (Å²) >= 11 is 0. The molecule has 4 nitrogen and oxygen atoms in total. The lowest BCUT2D eigenvalue weighted by atomic mass is 9.98. The Labute approximate surface area is 126 Å². The van der Waals surface area contributed by atoms with Crippen LogP contribution in [0, 0.1) is 0 Å². The Bertz CT molecular complexity index is 584. The van der Waals surface area contributed by atoms with Gasteiger partial charge >= 0.3 is 0 Å². The molecule has 0 bridgehead atoms. The van der Waals surface area contributed by atoms with Gasteiger partial charge in [0, 0.05) is 6.20 Å². The van der Waals surface area contributed by atoms with Crippen molar-refractivity contribution in [2.75, 3.05) is 0 Å². The number of benzene rings is 1. The summed E-state index contributed by atoms with van der Waals surface area (Å²) < 4.78 is 5.75. The molecule has 4 heteroatoms. The average Bonchev–Trinajstić information content (AvgIpc) is 2.48. The summed E-state index contributed by atoms with van der Waals surface area (Å²) in [5.41, 5.74) is 6.07. The van der Waals surface area contributed by atoms with Gasteiger partial charge in [0.15, 0.2) is 0 Å². The van der Waals surface area contributed by atoms with E-state index in [4.69, 9.17) is 10.6 Å². The van der Waals surface area contributed by atoms with E-state index in [0.29, 0.717) is 0 Å². The van der Waals surface area contributed by atoms with Crippen molar-refractivity contribution in [3.8, 4) is 5.75 Å². The molecule has 0 aliphatic heterocycles. The fourth-order valence-electron chi connectivity index (χ4n) is 2.38. The SMILES string of the molecule is CCc1cccnc1C(NN)c1cccc(OC(C)C)c1. The number of hydrogen-bond donors (Lipinski definition) is 2. The maximum Gasteiger partial charge on any atom is 0.120 e. The Balaban J connectivity index is 2.37. The third kappa shape index (κ3) is 3.80. The smallest absolute Gasteiger partial charge is 0.120 e. The summed E-state index contributed by atoms with van der Waals surface area (Å²) in [5.74, 6) is 6.63. The molecular formula is C17H23N3O. The van der Waals surface area contributed by atoms with Crippen molar-refractivity contribution in [3.05, 3.63) is 59.4 Å². The first-order valence-corrected chi connectivity index (χ1v) is 7.32. The molecule has 1 aromatic carbocycles. The topological polar surface area (TPSA) is 60.2 Å². The van der Waals surface area contributed by atoms with E-state index in [1.54, 1.807) is 6.20 Å². The van der Waals surface area contributed by atoms with Gasteiger partial charge in [0.05, 0.1) is 17.8 Å². The Kier molecular flexibility index (Phi) is 5.31. The lowest BCUT2D eigenvalue weighted by Gasteiger charge is -2.20. The molecule has 1 unspecified atom stereocenters. The quantitative estimate of drug-likeness (QED) is 0.633. The first-order valence-electron chi connectivity index (χ1n) is 7.32. The van der Waals surface area contributed by atoms with Crippen LogP contribution < -0.4 is 16.0 Å². The minimum absolute atomic E-state index is 0.142. The van der Waals surface area contributed by atoms with Crippen LogP contribution in [0.3, 0.4) is 0 Å². The van der Waals surface area contributed by atoms with Crippen LogP contribution in [0.2, 0.25) is 0 Å². The Morgan fingerprint density at radius 3 is 2.71 bits per heavy atom. The van der Waals surface area contributed by atoms with Crippen LogP contribution in [0.1, 0.15) is 43.6 Å². The molecule has 0 radical (unpaired) electrons. The predicted molar refractivity (Wildman–Crippen MR) is 85.0 cm³/mol. The average molecular weight is 285 g/mol. The van der Waals surface area contributed by atoms with E-state index in [9.17, 15) is 0 Å². The molecule has 0 fully saturated rings. The molecule has 21 heavy (non-hydrogen) atoms. The van der Waals surface area contributed by atoms with E-state index in [-0.39, 0.29) is 12.1 Å². The number of pyridine rings is 1. The van der Waals surface area contributed by atoms with Gasteiger partial charge in [-0.1, -0.05) is 25.1 Å². The summed E-state index contributed by atoms with van der Waals surface area (Å²) in [5, 5.41) is 0. The predicted octanol–water partition coefficient (Wildman–Crippen LogP) is 2.98. The summed E-state index contributed by atoms with van der Waals surface area (Å²) in [6, 6.07) is 11.9. The van der Waals surface area contributed by atoms with E-state index in [1.165, 1.54) is 5.56 Å². The highest BCUT2D eigenvalue weighted by Crippen LogP contribution is 2.26. The zero-order chi connectivity index (χ0) is 15.2. The molecule has 2 rings (SSSR count). The third-order valence-corrected chi connectivity index (χ3v) is 3.31. The van der Waals surface area contributed by atoms with Crippen LogP contribution in [0.5, 0.6) is 5.75 Å². The van der Waals surface area contributed by atoms with Crippen molar-refractivity contribution >= 4 is 0 Å². The van der Waals surface area contributed by atoms with Gasteiger partial charge in [-0.3, -0.25) is 10.8 Å². The maximum atomic E-state index is 5.78. The third-order valence-electron chi connectivity index (χ3n) is 3.31. The fourth-order valence-corrected chi connectivity index (χ4v) is 2.38. The van der Waals surface area contributed by atoms with E-state index in [0.717, 1.165) is 23.4 Å². The van der Waals surface area contributed by atoms with Gasteiger partial charge < -0.3 is 4.74 Å². The van der Waals surface area contributed by atoms with Crippen LogP contribution in [0.15, 0.2) is 42.6 Å². The normalized spacial score (nSPS) is 12.4. The van der Waals surface area contributed by atoms with Crippen molar-refractivity contribution in [2.24, 2.45) is 5.84 Å². The second-order valence-corrected chi connectivity index (χ2v) is 5.24. The number of nitrogens with two attached hydrogens (primary N) is 1. The number of hydrazine groups is 1. The zero-order valence-electron chi connectivity index (χ0n) is 12.8. The Hall–Kier alpha value is -1.91. The monoisotopic (exact) mass is 285 g/mol. The van der Waals surface area contributed by atoms with Crippen LogP contribution in [0.25, 0.3) is 0 Å². The van der Waals surface area contributed by atoms with Gasteiger partial charge in [0.25, 0.3) is 0 Å². The zero-order valence-corrected chi connectivity index (χ0v) is 12.8. The Morgan fingerprint density at radius 1 is 1.24 bits per heavy atom. The molecule has 0 amide bonds. The van der Waals surface area contributed by atoms with Crippen molar-refractivity contribution in [1.29, 1.82) is 0 Å². The van der Waals surface area contributed by atoms with Crippen molar-refractivity contribution in [3.63, 3.8) is 0 Å². The van der Waals surface area contributed by atoms with Gasteiger partial charge in [0.1, 0.15) is 5.75 Å². The van der Waals surface area contributed by atoms with Crippen molar-refractivity contribution in [1.82, 2.24) is 10.4 Å². The largest absolute Gasteiger partial charge is 0.491 e. The molecule has 112 valence electrons. The highest BCUT2D eigenvalue weighted by atomic mass is 16.5. The first-order chi connectivity index (χ1) is 10.2. The van der Waals surface area contributed by atoms with Crippen LogP contribution in [0.4, 0.5) is 0 Å². The standard InChI is InChI=1S/C17H23N3O/c1-4-13-8-6-10-19-16(13)17(20-18)14-7-5-9-15(11-14)21-12(2)3/h5-12,17,20H,4,18H2,1-3H3. The minimum Gasteiger partial charge on any atom is -0.491 e. The summed E-state index contributed by atoms with van der Waals surface area (Å²) in [4.78, 5) is 4.50. The number of ether oxygens (including phenoxy) is 1. The van der Waals surface area contributed by atoms with Crippen LogP contribution in [-0.2, 0) is 6.42 Å². The number of rotatable bonds is 6. The molecule has 0 saturated carbocycles. The van der Waals surface area contributed by atoms with Gasteiger partial charge in [-0.25, -0.2) is 5.43 Å². The summed E-state index contributed by atoms with van der Waals surface area (Å²) in [6.07, 6.45) is 2.86. The molecule has 3 N–H and O–H groups in total. The first kappa shape index (κ1) is 15.5. The van der Waals surface area contributed by atoms with Gasteiger partial charge in [-0.15, -0.1) is 0 Å². The molecule has 1 atom stereocenters. The molecule has 0 saturated heterocycles. The number of aryl methyl sites for hydroxylation is 1. The summed E-state index contributed by atoms with van der Waals surface area (Å²) in [6.45, 7) is 6.14. The second-order valence-electron chi connectivity index (χ2n) is 5.24. The lowest BCUT2D eigenvalue weighted by molar-refractivity contribution is 0.242. The molecule has 1 heterocycles. The lowest BCUT2D eigenvalue weighted by Crippen LogP contribution is -2.30. The van der Waals surface area contributed by atoms with Crippen molar-refractivity contribution in [2.45, 2.75) is 39.3 Å². The van der Waals surface area contributed by atoms with Crippen LogP contribution in [-0.4, -0.2) is 11.1 Å². The maximum absolute atomic E-state index is 5.78. The van der Waals surface area contributed by atoms with E-state index >= 15 is 0 Å². The van der Waals surface area contributed by atoms with E-state index in [2.05, 4.69) is 23.4 Å². The Morgan fingerprint density at radius 2 is 2.05 bits per heavy atom. The number of aromatic nitrogens is 1. The molecule has 0 aliphatic rings. The number of nitrogens with zero attached hydrogens (tertiary/aromatic N) is 1. The summed E-state index contributed by atoms with van der Waals surface area (Å²) in [7, 11) is 0. The molecular weight excluding hydrogens is 262 g/mol. The highest BCUT2D eigenvalue weighted by molar-refractivity contribution is 5.37. The van der Waals surface area contributed by atoms with E-state index in [1.807, 2.05) is 44.2 Å². The highest BCUT2D eigenvalue weighted by Gasteiger charge is 2.17. The number of hydrogen-bond acceptors (Lipinski definition) is 4. The molecule has 0 aliphatic carbocycles. The fraction of sp³-hybridized carbons (Fsp3) is 0.353. The van der Waals surface area contributed by atoms with E-state index < -0.39 is 0 Å². The molecule has 2 aromatic rings. The van der Waals surface area contributed by atoms with Gasteiger partial charge in [-0.2, -0.15) is 0 Å². The van der Waals surface area contributed by atoms with Crippen molar-refractivity contribution < 1.29 is 4.74 Å². The molecule has 1 aromatic heterocycles. The van der Waals surface area contributed by atoms with Crippen LogP contribution >= 0.6 is 0 Å². The van der Waals surface area contributed by atoms with Gasteiger partial charge in [0.2, 0.25) is 0 Å². The number of nitrogens with one attached hydrogen (secondary N) is 1. The van der Waals surface area contributed by atoms with Gasteiger partial charge in [-0.05, 0) is 49.6 Å². The molecule has 0 spiro atoms.